The molecule has 3 aromatic rings. The van der Waals surface area contributed by atoms with Crippen molar-refractivity contribution in [3.8, 4) is 22.3 Å². The zero-order chi connectivity index (χ0) is 19.8. The van der Waals surface area contributed by atoms with E-state index in [4.69, 9.17) is 0 Å². The number of allylic oxidation sites excluding steroid dienone is 1. The number of benzene rings is 3. The van der Waals surface area contributed by atoms with Gasteiger partial charge in [0.1, 0.15) is 0 Å². The second-order valence-corrected chi connectivity index (χ2v) is 8.54. The molecule has 1 aliphatic rings. The molecule has 0 saturated carbocycles. The molecule has 0 nitrogen and oxygen atoms in total. The Morgan fingerprint density at radius 1 is 0.679 bits per heavy atom. The first-order valence-electron chi connectivity index (χ1n) is 10.5. The average molecular weight is 367 g/mol. The smallest absolute Gasteiger partial charge is 0.00514 e. The van der Waals surface area contributed by atoms with Gasteiger partial charge >= 0.3 is 0 Å². The van der Waals surface area contributed by atoms with Gasteiger partial charge in [-0.05, 0) is 73.9 Å². The first kappa shape index (κ1) is 18.7. The van der Waals surface area contributed by atoms with Crippen LogP contribution in [-0.4, -0.2) is 0 Å². The third-order valence-corrected chi connectivity index (χ3v) is 5.75. The summed E-state index contributed by atoms with van der Waals surface area (Å²) in [5.41, 5.74) is 15.3. The molecule has 0 atom stereocenters. The topological polar surface area (TPSA) is 0 Å². The summed E-state index contributed by atoms with van der Waals surface area (Å²) in [7, 11) is 0. The molecular formula is C28H30. The highest BCUT2D eigenvalue weighted by molar-refractivity contribution is 5.87. The van der Waals surface area contributed by atoms with Crippen molar-refractivity contribution in [3.63, 3.8) is 0 Å². The zero-order valence-electron chi connectivity index (χ0n) is 17.8. The van der Waals surface area contributed by atoms with Gasteiger partial charge in [0.2, 0.25) is 0 Å². The number of aryl methyl sites for hydroxylation is 4. The quantitative estimate of drug-likeness (QED) is 0.439. The standard InChI is InChI=1S/C28H30/c1-6-7-22-16-27-25(23-12-18(2)10-19(3)13-23)8-9-26(28(27)17-22)24-14-20(4)11-21(5)15-24/h8-16H,6-7,17H2,1-5H3. The van der Waals surface area contributed by atoms with Crippen molar-refractivity contribution < 1.29 is 0 Å². The molecule has 142 valence electrons. The Kier molecular flexibility index (Phi) is 4.98. The van der Waals surface area contributed by atoms with Crippen LogP contribution >= 0.6 is 0 Å². The lowest BCUT2D eigenvalue weighted by molar-refractivity contribution is 0.887. The Morgan fingerprint density at radius 3 is 1.71 bits per heavy atom. The van der Waals surface area contributed by atoms with E-state index >= 15 is 0 Å². The van der Waals surface area contributed by atoms with Crippen molar-refractivity contribution in [2.24, 2.45) is 0 Å². The fraction of sp³-hybridized carbons (Fsp3) is 0.286. The molecule has 0 aromatic heterocycles. The van der Waals surface area contributed by atoms with Crippen LogP contribution < -0.4 is 0 Å². The predicted octanol–water partition coefficient (Wildman–Crippen LogP) is 7.99. The van der Waals surface area contributed by atoms with Crippen molar-refractivity contribution in [1.29, 1.82) is 0 Å². The molecule has 0 N–H and O–H groups in total. The number of hydrogen-bond donors (Lipinski definition) is 0. The van der Waals surface area contributed by atoms with Gasteiger partial charge in [-0.15, -0.1) is 0 Å². The molecule has 0 heterocycles. The summed E-state index contributed by atoms with van der Waals surface area (Å²) in [4.78, 5) is 0. The lowest BCUT2D eigenvalue weighted by atomic mass is 9.88. The average Bonchev–Trinajstić information content (AvgIpc) is 3.03. The van der Waals surface area contributed by atoms with Crippen molar-refractivity contribution >= 4 is 6.08 Å². The second kappa shape index (κ2) is 7.43. The normalized spacial score (nSPS) is 12.8. The van der Waals surface area contributed by atoms with Gasteiger partial charge in [0.05, 0.1) is 0 Å². The Labute approximate surface area is 169 Å². The molecule has 1 aliphatic carbocycles. The zero-order valence-corrected chi connectivity index (χ0v) is 17.8. The summed E-state index contributed by atoms with van der Waals surface area (Å²) < 4.78 is 0. The minimum Gasteiger partial charge on any atom is -0.0652 e. The van der Waals surface area contributed by atoms with Crippen LogP contribution in [0.2, 0.25) is 0 Å². The lowest BCUT2D eigenvalue weighted by Gasteiger charge is -2.15. The Balaban J connectivity index is 1.92. The predicted molar refractivity (Wildman–Crippen MR) is 123 cm³/mol. The number of fused-ring (bicyclic) bond motifs is 1. The highest BCUT2D eigenvalue weighted by atomic mass is 14.2. The molecule has 0 amide bonds. The highest BCUT2D eigenvalue weighted by Crippen LogP contribution is 2.41. The maximum atomic E-state index is 2.47. The van der Waals surface area contributed by atoms with Crippen LogP contribution in [0.3, 0.4) is 0 Å². The molecule has 0 fully saturated rings. The maximum Gasteiger partial charge on any atom is -0.00514 e. The van der Waals surface area contributed by atoms with E-state index in [1.54, 1.807) is 5.57 Å². The third-order valence-electron chi connectivity index (χ3n) is 5.75. The van der Waals surface area contributed by atoms with Crippen LogP contribution in [0.4, 0.5) is 0 Å². The summed E-state index contributed by atoms with van der Waals surface area (Å²) in [6.07, 6.45) is 5.95. The van der Waals surface area contributed by atoms with E-state index in [0.29, 0.717) is 0 Å². The summed E-state index contributed by atoms with van der Waals surface area (Å²) in [5.74, 6) is 0. The van der Waals surface area contributed by atoms with E-state index in [0.717, 1.165) is 6.42 Å². The van der Waals surface area contributed by atoms with Crippen molar-refractivity contribution in [2.75, 3.05) is 0 Å². The molecule has 0 aliphatic heterocycles. The van der Waals surface area contributed by atoms with E-state index < -0.39 is 0 Å². The van der Waals surface area contributed by atoms with Gasteiger partial charge in [0.15, 0.2) is 0 Å². The van der Waals surface area contributed by atoms with E-state index in [9.17, 15) is 0 Å². The monoisotopic (exact) mass is 366 g/mol. The fourth-order valence-corrected chi connectivity index (χ4v) is 4.77. The molecule has 28 heavy (non-hydrogen) atoms. The van der Waals surface area contributed by atoms with Crippen LogP contribution in [0.15, 0.2) is 54.1 Å². The second-order valence-electron chi connectivity index (χ2n) is 8.54. The van der Waals surface area contributed by atoms with Gasteiger partial charge < -0.3 is 0 Å². The van der Waals surface area contributed by atoms with Crippen molar-refractivity contribution in [2.45, 2.75) is 53.9 Å². The Morgan fingerprint density at radius 2 is 1.18 bits per heavy atom. The number of rotatable bonds is 4. The van der Waals surface area contributed by atoms with Gasteiger partial charge in [-0.3, -0.25) is 0 Å². The Bertz CT molecular complexity index is 1040. The number of hydrogen-bond acceptors (Lipinski definition) is 0. The minimum absolute atomic E-state index is 1.09. The van der Waals surface area contributed by atoms with Crippen LogP contribution in [0.5, 0.6) is 0 Å². The van der Waals surface area contributed by atoms with E-state index in [1.165, 1.54) is 68.5 Å². The molecule has 0 radical (unpaired) electrons. The summed E-state index contributed by atoms with van der Waals surface area (Å²) in [5, 5.41) is 0. The highest BCUT2D eigenvalue weighted by Gasteiger charge is 2.21. The Hall–Kier alpha value is -2.60. The molecule has 4 rings (SSSR count). The first-order chi connectivity index (χ1) is 13.4. The molecule has 0 heteroatoms. The molecule has 3 aromatic carbocycles. The first-order valence-corrected chi connectivity index (χ1v) is 10.5. The van der Waals surface area contributed by atoms with Crippen molar-refractivity contribution in [1.82, 2.24) is 0 Å². The summed E-state index contributed by atoms with van der Waals surface area (Å²) in [6.45, 7) is 11.1. The lowest BCUT2D eigenvalue weighted by Crippen LogP contribution is -1.95. The molecular weight excluding hydrogens is 336 g/mol. The van der Waals surface area contributed by atoms with Gasteiger partial charge in [-0.25, -0.2) is 0 Å². The van der Waals surface area contributed by atoms with Crippen LogP contribution in [0.1, 0.15) is 53.1 Å². The maximum absolute atomic E-state index is 2.47. The molecule has 0 spiro atoms. The van der Waals surface area contributed by atoms with E-state index in [1.807, 2.05) is 0 Å². The summed E-state index contributed by atoms with van der Waals surface area (Å²) >= 11 is 0. The van der Waals surface area contributed by atoms with Crippen molar-refractivity contribution in [3.05, 3.63) is 87.5 Å². The van der Waals surface area contributed by atoms with Gasteiger partial charge in [-0.1, -0.05) is 95.8 Å². The van der Waals surface area contributed by atoms with Gasteiger partial charge in [0.25, 0.3) is 0 Å². The summed E-state index contributed by atoms with van der Waals surface area (Å²) in [6, 6.07) is 18.5. The minimum atomic E-state index is 1.09. The third kappa shape index (κ3) is 3.56. The van der Waals surface area contributed by atoms with Crippen LogP contribution in [-0.2, 0) is 6.42 Å². The van der Waals surface area contributed by atoms with E-state index in [2.05, 4.69) is 89.2 Å². The molecule has 0 saturated heterocycles. The largest absolute Gasteiger partial charge is 0.0652 e. The molecule has 0 bridgehead atoms. The van der Waals surface area contributed by atoms with Crippen LogP contribution in [0.25, 0.3) is 28.3 Å². The fourth-order valence-electron chi connectivity index (χ4n) is 4.77. The van der Waals surface area contributed by atoms with Crippen LogP contribution in [0, 0.1) is 27.7 Å². The van der Waals surface area contributed by atoms with E-state index in [-0.39, 0.29) is 0 Å². The molecule has 0 unspecified atom stereocenters. The van der Waals surface area contributed by atoms with Gasteiger partial charge in [-0.2, -0.15) is 0 Å². The van der Waals surface area contributed by atoms with Gasteiger partial charge in [0, 0.05) is 0 Å². The SMILES string of the molecule is CCCC1=Cc2c(-c3cc(C)cc(C)c3)ccc(-c3cc(C)cc(C)c3)c2C1.